The quantitative estimate of drug-likeness (QED) is 0.296. The van der Waals surface area contributed by atoms with Crippen molar-refractivity contribution < 1.29 is 18.7 Å². The minimum Gasteiger partial charge on any atom is -0.492 e. The van der Waals surface area contributed by atoms with E-state index >= 15 is 0 Å². The molecule has 0 heterocycles. The Labute approximate surface area is 188 Å². The van der Waals surface area contributed by atoms with E-state index in [1.807, 2.05) is 25.1 Å². The van der Waals surface area contributed by atoms with Crippen molar-refractivity contribution in [2.75, 3.05) is 32.1 Å². The molecule has 0 bridgehead atoms. The van der Waals surface area contributed by atoms with E-state index in [1.54, 1.807) is 25.2 Å². The third kappa shape index (κ3) is 7.44. The Hall–Kier alpha value is -3.29. The minimum atomic E-state index is -0.352. The molecule has 1 aliphatic carbocycles. The monoisotopic (exact) mass is 442 g/mol. The van der Waals surface area contributed by atoms with E-state index in [1.165, 1.54) is 25.8 Å². The lowest BCUT2D eigenvalue weighted by molar-refractivity contribution is -0.114. The van der Waals surface area contributed by atoms with E-state index < -0.39 is 0 Å². The summed E-state index contributed by atoms with van der Waals surface area (Å²) in [5.74, 6) is 1.64. The van der Waals surface area contributed by atoms with Crippen LogP contribution in [0.2, 0.25) is 0 Å². The molecular weight excluding hydrogens is 411 g/mol. The number of benzene rings is 2. The van der Waals surface area contributed by atoms with Gasteiger partial charge in [-0.1, -0.05) is 12.1 Å². The summed E-state index contributed by atoms with van der Waals surface area (Å²) in [4.78, 5) is 15.4. The average molecular weight is 443 g/mol. The van der Waals surface area contributed by atoms with Crippen LogP contribution in [-0.2, 0) is 4.79 Å². The first-order valence-corrected chi connectivity index (χ1v) is 10.8. The van der Waals surface area contributed by atoms with Gasteiger partial charge in [-0.2, -0.15) is 0 Å². The van der Waals surface area contributed by atoms with Gasteiger partial charge in [0, 0.05) is 25.7 Å². The first kappa shape index (κ1) is 23.4. The highest BCUT2D eigenvalue weighted by Crippen LogP contribution is 2.30. The third-order valence-electron chi connectivity index (χ3n) is 5.02. The smallest absolute Gasteiger partial charge is 0.221 e. The van der Waals surface area contributed by atoms with E-state index in [9.17, 15) is 9.18 Å². The predicted molar refractivity (Wildman–Crippen MR) is 124 cm³/mol. The van der Waals surface area contributed by atoms with Crippen LogP contribution in [0, 0.1) is 11.7 Å². The van der Waals surface area contributed by atoms with Crippen LogP contribution in [0.5, 0.6) is 11.5 Å². The molecule has 172 valence electrons. The van der Waals surface area contributed by atoms with Crippen molar-refractivity contribution >= 4 is 17.6 Å². The second kappa shape index (κ2) is 11.4. The van der Waals surface area contributed by atoms with Crippen molar-refractivity contribution in [3.8, 4) is 11.5 Å². The molecule has 1 fully saturated rings. The number of anilines is 1. The standard InChI is InChI=1S/C24H31FN4O3/c1-16(19-9-10-23(22(25)13-19)32-15-18-7-8-18)28-24(26-3)27-11-12-31-21-6-4-5-20(14-21)29-17(2)30/h4-6,9-10,13-14,16,18H,7-8,11-12,15H2,1-3H3,(H,29,30)(H2,26,27,28). The maximum Gasteiger partial charge on any atom is 0.221 e. The first-order valence-electron chi connectivity index (χ1n) is 10.8. The van der Waals surface area contributed by atoms with Crippen LogP contribution in [0.15, 0.2) is 47.5 Å². The molecule has 2 aromatic carbocycles. The summed E-state index contributed by atoms with van der Waals surface area (Å²) >= 11 is 0. The number of ether oxygens (including phenoxy) is 2. The van der Waals surface area contributed by atoms with Gasteiger partial charge in [-0.25, -0.2) is 4.39 Å². The highest BCUT2D eigenvalue weighted by Gasteiger charge is 2.22. The molecule has 1 saturated carbocycles. The van der Waals surface area contributed by atoms with E-state index in [-0.39, 0.29) is 17.8 Å². The third-order valence-corrected chi connectivity index (χ3v) is 5.02. The average Bonchev–Trinajstić information content (AvgIpc) is 3.59. The van der Waals surface area contributed by atoms with Crippen LogP contribution in [0.25, 0.3) is 0 Å². The molecule has 1 aliphatic rings. The van der Waals surface area contributed by atoms with Gasteiger partial charge in [-0.15, -0.1) is 0 Å². The Bertz CT molecular complexity index is 947. The normalized spacial score (nSPS) is 14.4. The van der Waals surface area contributed by atoms with Crippen LogP contribution in [-0.4, -0.2) is 38.7 Å². The first-order chi connectivity index (χ1) is 15.4. The van der Waals surface area contributed by atoms with Gasteiger partial charge in [0.15, 0.2) is 17.5 Å². The molecular formula is C24H31FN4O3. The molecule has 0 radical (unpaired) electrons. The summed E-state index contributed by atoms with van der Waals surface area (Å²) in [6.07, 6.45) is 2.34. The molecule has 2 aromatic rings. The van der Waals surface area contributed by atoms with E-state index in [2.05, 4.69) is 20.9 Å². The minimum absolute atomic E-state index is 0.131. The number of carbonyl (C=O) groups excluding carboxylic acids is 1. The summed E-state index contributed by atoms with van der Waals surface area (Å²) in [7, 11) is 1.68. The Balaban J connectivity index is 1.43. The lowest BCUT2D eigenvalue weighted by atomic mass is 10.1. The molecule has 1 atom stereocenters. The van der Waals surface area contributed by atoms with Crippen LogP contribution in [0.4, 0.5) is 10.1 Å². The maximum atomic E-state index is 14.4. The molecule has 8 heteroatoms. The number of nitrogens with one attached hydrogen (secondary N) is 3. The molecule has 32 heavy (non-hydrogen) atoms. The van der Waals surface area contributed by atoms with Gasteiger partial charge in [0.25, 0.3) is 0 Å². The van der Waals surface area contributed by atoms with Crippen molar-refractivity contribution in [1.82, 2.24) is 10.6 Å². The van der Waals surface area contributed by atoms with Gasteiger partial charge in [0.2, 0.25) is 5.91 Å². The van der Waals surface area contributed by atoms with Gasteiger partial charge in [0.05, 0.1) is 19.2 Å². The Kier molecular flexibility index (Phi) is 8.30. The number of hydrogen-bond donors (Lipinski definition) is 3. The Morgan fingerprint density at radius 3 is 2.72 bits per heavy atom. The summed E-state index contributed by atoms with van der Waals surface area (Å²) < 4.78 is 25.7. The summed E-state index contributed by atoms with van der Waals surface area (Å²) in [6, 6.07) is 12.1. The highest BCUT2D eigenvalue weighted by atomic mass is 19.1. The van der Waals surface area contributed by atoms with Gasteiger partial charge in [-0.05, 0) is 55.5 Å². The van der Waals surface area contributed by atoms with E-state index in [0.29, 0.717) is 48.8 Å². The fourth-order valence-corrected chi connectivity index (χ4v) is 3.08. The van der Waals surface area contributed by atoms with Crippen molar-refractivity contribution in [3.63, 3.8) is 0 Å². The number of halogens is 1. The van der Waals surface area contributed by atoms with Crippen molar-refractivity contribution in [2.24, 2.45) is 10.9 Å². The number of hydrogen-bond acceptors (Lipinski definition) is 4. The van der Waals surface area contributed by atoms with Crippen LogP contribution in [0.3, 0.4) is 0 Å². The second-order valence-corrected chi connectivity index (χ2v) is 7.87. The Morgan fingerprint density at radius 2 is 2.03 bits per heavy atom. The molecule has 7 nitrogen and oxygen atoms in total. The number of guanidine groups is 1. The highest BCUT2D eigenvalue weighted by molar-refractivity contribution is 5.88. The number of rotatable bonds is 10. The SMILES string of the molecule is CN=C(NCCOc1cccc(NC(C)=O)c1)NC(C)c1ccc(OCC2CC2)c(F)c1. The van der Waals surface area contributed by atoms with Crippen molar-refractivity contribution in [3.05, 3.63) is 53.8 Å². The van der Waals surface area contributed by atoms with Gasteiger partial charge < -0.3 is 25.4 Å². The topological polar surface area (TPSA) is 84.0 Å². The molecule has 0 saturated heterocycles. The lowest BCUT2D eigenvalue weighted by Crippen LogP contribution is -2.40. The number of carbonyl (C=O) groups is 1. The Morgan fingerprint density at radius 1 is 1.22 bits per heavy atom. The van der Waals surface area contributed by atoms with Gasteiger partial charge in [0.1, 0.15) is 12.4 Å². The summed E-state index contributed by atoms with van der Waals surface area (Å²) in [5, 5.41) is 9.15. The van der Waals surface area contributed by atoms with Crippen molar-refractivity contribution in [2.45, 2.75) is 32.7 Å². The largest absolute Gasteiger partial charge is 0.492 e. The summed E-state index contributed by atoms with van der Waals surface area (Å²) in [6.45, 7) is 4.90. The molecule has 3 N–H and O–H groups in total. The fourth-order valence-electron chi connectivity index (χ4n) is 3.08. The van der Waals surface area contributed by atoms with Gasteiger partial charge >= 0.3 is 0 Å². The molecule has 0 aliphatic heterocycles. The zero-order chi connectivity index (χ0) is 22.9. The molecule has 0 aromatic heterocycles. The van der Waals surface area contributed by atoms with E-state index in [4.69, 9.17) is 9.47 Å². The lowest BCUT2D eigenvalue weighted by Gasteiger charge is -2.19. The fraction of sp³-hybridized carbons (Fsp3) is 0.417. The zero-order valence-electron chi connectivity index (χ0n) is 18.8. The molecule has 1 unspecified atom stereocenters. The van der Waals surface area contributed by atoms with E-state index in [0.717, 1.165) is 5.56 Å². The van der Waals surface area contributed by atoms with Crippen LogP contribution >= 0.6 is 0 Å². The second-order valence-electron chi connectivity index (χ2n) is 7.87. The van der Waals surface area contributed by atoms with Crippen LogP contribution < -0.4 is 25.4 Å². The summed E-state index contributed by atoms with van der Waals surface area (Å²) in [5.41, 5.74) is 1.49. The molecule has 0 spiro atoms. The van der Waals surface area contributed by atoms with Crippen molar-refractivity contribution in [1.29, 1.82) is 0 Å². The predicted octanol–water partition coefficient (Wildman–Crippen LogP) is 3.88. The molecule has 3 rings (SSSR count). The molecule has 1 amide bonds. The van der Waals surface area contributed by atoms with Gasteiger partial charge in [-0.3, -0.25) is 9.79 Å². The number of aliphatic imine (C=N–C) groups is 1. The zero-order valence-corrected chi connectivity index (χ0v) is 18.8. The number of amides is 1. The number of nitrogens with zero attached hydrogens (tertiary/aromatic N) is 1. The van der Waals surface area contributed by atoms with Crippen LogP contribution in [0.1, 0.15) is 38.3 Å². The maximum absolute atomic E-state index is 14.4.